The zero-order valence-corrected chi connectivity index (χ0v) is 10.1. The molecule has 88 valence electrons. The molecule has 4 heteroatoms. The Labute approximate surface area is 97.1 Å². The molecule has 0 amide bonds. The lowest BCUT2D eigenvalue weighted by Crippen LogP contribution is -2.36. The summed E-state index contributed by atoms with van der Waals surface area (Å²) >= 11 is 0. The number of aromatic nitrogens is 2. The van der Waals surface area contributed by atoms with Crippen LogP contribution in [0.3, 0.4) is 0 Å². The Morgan fingerprint density at radius 2 is 2.19 bits per heavy atom. The molecule has 0 bridgehead atoms. The van der Waals surface area contributed by atoms with Gasteiger partial charge < -0.3 is 10.2 Å². The van der Waals surface area contributed by atoms with E-state index in [1.807, 2.05) is 12.4 Å². The molecule has 1 aromatic heterocycles. The Morgan fingerprint density at radius 3 is 2.75 bits per heavy atom. The van der Waals surface area contributed by atoms with Crippen molar-refractivity contribution in [1.82, 2.24) is 15.3 Å². The molecule has 1 unspecified atom stereocenters. The Hall–Kier alpha value is -1.16. The van der Waals surface area contributed by atoms with Gasteiger partial charge in [0.25, 0.3) is 0 Å². The molecule has 1 fully saturated rings. The third-order valence-corrected chi connectivity index (χ3v) is 3.10. The highest BCUT2D eigenvalue weighted by Crippen LogP contribution is 2.10. The Balaban J connectivity index is 1.94. The molecule has 0 spiro atoms. The van der Waals surface area contributed by atoms with Crippen LogP contribution in [0.15, 0.2) is 12.4 Å². The maximum Gasteiger partial charge on any atom is 0.225 e. The molecular weight excluding hydrogens is 200 g/mol. The number of aryl methyl sites for hydroxylation is 1. The molecule has 1 aliphatic heterocycles. The molecular formula is C12H20N4. The summed E-state index contributed by atoms with van der Waals surface area (Å²) in [6, 6.07) is 0.597. The van der Waals surface area contributed by atoms with E-state index in [4.69, 9.17) is 0 Å². The molecule has 0 aromatic carbocycles. The van der Waals surface area contributed by atoms with E-state index in [-0.39, 0.29) is 0 Å². The van der Waals surface area contributed by atoms with E-state index >= 15 is 0 Å². The predicted molar refractivity (Wildman–Crippen MR) is 65.7 cm³/mol. The first-order valence-electron chi connectivity index (χ1n) is 6.05. The fraction of sp³-hybridized carbons (Fsp3) is 0.667. The van der Waals surface area contributed by atoms with E-state index < -0.39 is 0 Å². The molecule has 1 aliphatic rings. The summed E-state index contributed by atoms with van der Waals surface area (Å²) in [5, 5.41) is 3.48. The molecule has 2 heterocycles. The topological polar surface area (TPSA) is 41.1 Å². The molecule has 4 nitrogen and oxygen atoms in total. The van der Waals surface area contributed by atoms with Gasteiger partial charge in [0.1, 0.15) is 0 Å². The van der Waals surface area contributed by atoms with Gasteiger partial charge >= 0.3 is 0 Å². The highest BCUT2D eigenvalue weighted by atomic mass is 15.2. The molecule has 1 aromatic rings. The highest BCUT2D eigenvalue weighted by molar-refractivity contribution is 5.28. The fourth-order valence-electron chi connectivity index (χ4n) is 2.05. The molecule has 2 rings (SSSR count). The van der Waals surface area contributed by atoms with Gasteiger partial charge in [0, 0.05) is 32.0 Å². The summed E-state index contributed by atoms with van der Waals surface area (Å²) in [6.45, 7) is 4.25. The van der Waals surface area contributed by atoms with Gasteiger partial charge in [-0.05, 0) is 31.4 Å². The largest absolute Gasteiger partial charge is 0.342 e. The van der Waals surface area contributed by atoms with Gasteiger partial charge in [-0.25, -0.2) is 9.97 Å². The molecule has 16 heavy (non-hydrogen) atoms. The van der Waals surface area contributed by atoms with E-state index in [1.54, 1.807) is 0 Å². The normalized spacial score (nSPS) is 20.0. The summed E-state index contributed by atoms with van der Waals surface area (Å²) in [7, 11) is 2.06. The lowest BCUT2D eigenvalue weighted by atomic mass is 10.2. The first-order valence-corrected chi connectivity index (χ1v) is 6.05. The summed E-state index contributed by atoms with van der Waals surface area (Å²) in [6.07, 6.45) is 7.38. The summed E-state index contributed by atoms with van der Waals surface area (Å²) < 4.78 is 0. The van der Waals surface area contributed by atoms with Gasteiger partial charge in [-0.3, -0.25) is 0 Å². The first kappa shape index (κ1) is 11.3. The number of nitrogens with zero attached hydrogens (tertiary/aromatic N) is 3. The molecule has 0 radical (unpaired) electrons. The van der Waals surface area contributed by atoms with Gasteiger partial charge in [0.2, 0.25) is 5.95 Å². The standard InChI is InChI=1S/C12H20N4/c1-3-10-7-14-12(15-8-10)16(2)9-11-5-4-6-13-11/h7-8,11,13H,3-6,9H2,1-2H3. The minimum Gasteiger partial charge on any atom is -0.342 e. The molecule has 1 atom stereocenters. The quantitative estimate of drug-likeness (QED) is 0.828. The SMILES string of the molecule is CCc1cnc(N(C)CC2CCCN2)nc1. The zero-order chi connectivity index (χ0) is 11.4. The van der Waals surface area contributed by atoms with Crippen molar-refractivity contribution in [2.24, 2.45) is 0 Å². The lowest BCUT2D eigenvalue weighted by molar-refractivity contribution is 0.594. The van der Waals surface area contributed by atoms with Crippen LogP contribution in [0.4, 0.5) is 5.95 Å². The minimum atomic E-state index is 0.597. The number of hydrogen-bond donors (Lipinski definition) is 1. The summed E-state index contributed by atoms with van der Waals surface area (Å²) in [5.41, 5.74) is 1.19. The average Bonchev–Trinajstić information content (AvgIpc) is 2.82. The second-order valence-electron chi connectivity index (χ2n) is 4.42. The number of hydrogen-bond acceptors (Lipinski definition) is 4. The van der Waals surface area contributed by atoms with Crippen LogP contribution in [0.25, 0.3) is 0 Å². The Kier molecular flexibility index (Phi) is 3.72. The van der Waals surface area contributed by atoms with Crippen molar-refractivity contribution in [3.63, 3.8) is 0 Å². The number of anilines is 1. The molecule has 1 saturated heterocycles. The Morgan fingerprint density at radius 1 is 1.44 bits per heavy atom. The second kappa shape index (κ2) is 5.25. The average molecular weight is 220 g/mol. The fourth-order valence-corrected chi connectivity index (χ4v) is 2.05. The van der Waals surface area contributed by atoms with Crippen LogP contribution in [-0.4, -0.2) is 36.1 Å². The van der Waals surface area contributed by atoms with Crippen LogP contribution in [0.5, 0.6) is 0 Å². The van der Waals surface area contributed by atoms with Crippen LogP contribution in [0.1, 0.15) is 25.3 Å². The smallest absolute Gasteiger partial charge is 0.225 e. The van der Waals surface area contributed by atoms with E-state index in [0.29, 0.717) is 6.04 Å². The van der Waals surface area contributed by atoms with Crippen molar-refractivity contribution in [3.05, 3.63) is 18.0 Å². The van der Waals surface area contributed by atoms with Gasteiger partial charge in [-0.15, -0.1) is 0 Å². The Bertz CT molecular complexity index is 316. The van der Waals surface area contributed by atoms with Crippen molar-refractivity contribution < 1.29 is 0 Å². The van der Waals surface area contributed by atoms with E-state index in [9.17, 15) is 0 Å². The van der Waals surface area contributed by atoms with Crippen LogP contribution < -0.4 is 10.2 Å². The van der Waals surface area contributed by atoms with Gasteiger partial charge in [-0.1, -0.05) is 6.92 Å². The maximum atomic E-state index is 4.38. The van der Waals surface area contributed by atoms with Crippen LogP contribution in [-0.2, 0) is 6.42 Å². The van der Waals surface area contributed by atoms with Gasteiger partial charge in [-0.2, -0.15) is 0 Å². The second-order valence-corrected chi connectivity index (χ2v) is 4.42. The van der Waals surface area contributed by atoms with Crippen LogP contribution in [0, 0.1) is 0 Å². The summed E-state index contributed by atoms with van der Waals surface area (Å²) in [5.74, 6) is 0.825. The van der Waals surface area contributed by atoms with Crippen LogP contribution in [0.2, 0.25) is 0 Å². The summed E-state index contributed by atoms with van der Waals surface area (Å²) in [4.78, 5) is 10.9. The van der Waals surface area contributed by atoms with E-state index in [1.165, 1.54) is 18.4 Å². The van der Waals surface area contributed by atoms with Crippen molar-refractivity contribution in [3.8, 4) is 0 Å². The number of rotatable bonds is 4. The zero-order valence-electron chi connectivity index (χ0n) is 10.1. The van der Waals surface area contributed by atoms with Crippen molar-refractivity contribution in [1.29, 1.82) is 0 Å². The maximum absolute atomic E-state index is 4.38. The van der Waals surface area contributed by atoms with E-state index in [2.05, 4.69) is 34.2 Å². The number of nitrogens with one attached hydrogen (secondary N) is 1. The molecule has 0 saturated carbocycles. The highest BCUT2D eigenvalue weighted by Gasteiger charge is 2.16. The lowest BCUT2D eigenvalue weighted by Gasteiger charge is -2.21. The van der Waals surface area contributed by atoms with Crippen molar-refractivity contribution in [2.75, 3.05) is 25.0 Å². The third-order valence-electron chi connectivity index (χ3n) is 3.10. The molecule has 1 N–H and O–H groups in total. The minimum absolute atomic E-state index is 0.597. The third kappa shape index (κ3) is 2.70. The van der Waals surface area contributed by atoms with Crippen LogP contribution >= 0.6 is 0 Å². The first-order chi connectivity index (χ1) is 7.79. The van der Waals surface area contributed by atoms with E-state index in [0.717, 1.165) is 25.5 Å². The van der Waals surface area contributed by atoms with Crippen molar-refractivity contribution >= 4 is 5.95 Å². The van der Waals surface area contributed by atoms with Gasteiger partial charge in [0.15, 0.2) is 0 Å². The molecule has 0 aliphatic carbocycles. The van der Waals surface area contributed by atoms with Gasteiger partial charge in [0.05, 0.1) is 0 Å². The predicted octanol–water partition coefficient (Wildman–Crippen LogP) is 1.23. The monoisotopic (exact) mass is 220 g/mol. The number of likely N-dealkylation sites (N-methyl/N-ethyl adjacent to an activating group) is 1. The van der Waals surface area contributed by atoms with Crippen molar-refractivity contribution in [2.45, 2.75) is 32.2 Å².